The highest BCUT2D eigenvalue weighted by molar-refractivity contribution is 6.05. The maximum Gasteiger partial charge on any atom is 0.338 e. The van der Waals surface area contributed by atoms with Gasteiger partial charge < -0.3 is 25.3 Å². The first-order chi connectivity index (χ1) is 15.8. The number of rotatable bonds is 6. The Hall–Kier alpha value is -4.26. The van der Waals surface area contributed by atoms with Crippen LogP contribution < -0.4 is 10.5 Å². The summed E-state index contributed by atoms with van der Waals surface area (Å²) in [6.07, 6.45) is 0.615. The van der Waals surface area contributed by atoms with Crippen LogP contribution >= 0.6 is 0 Å². The molecule has 4 N–H and O–H groups in total. The van der Waals surface area contributed by atoms with Crippen LogP contribution in [0, 0.1) is 0 Å². The highest BCUT2D eigenvalue weighted by Gasteiger charge is 2.21. The van der Waals surface area contributed by atoms with E-state index in [9.17, 15) is 19.8 Å². The molecule has 0 radical (unpaired) electrons. The second-order valence-corrected chi connectivity index (χ2v) is 7.35. The number of carbonyl (C=O) groups is 2. The fourth-order valence-electron chi connectivity index (χ4n) is 3.72. The van der Waals surface area contributed by atoms with Crippen molar-refractivity contribution >= 4 is 22.8 Å². The van der Waals surface area contributed by atoms with Crippen molar-refractivity contribution in [1.82, 2.24) is 4.57 Å². The molecular weight excluding hydrogens is 420 g/mol. The monoisotopic (exact) mass is 446 g/mol. The molecule has 0 unspecified atom stereocenters. The zero-order valence-corrected chi connectivity index (χ0v) is 18.5. The first-order valence-corrected chi connectivity index (χ1v) is 10.4. The molecule has 0 spiro atoms. The Labute approximate surface area is 191 Å². The summed E-state index contributed by atoms with van der Waals surface area (Å²) in [7, 11) is 1.54. The van der Waals surface area contributed by atoms with Gasteiger partial charge in [-0.05, 0) is 48.4 Å². The normalized spacial score (nSPS) is 10.4. The van der Waals surface area contributed by atoms with Crippen LogP contribution in [0.3, 0.4) is 0 Å². The molecule has 1 heterocycles. The molecule has 4 rings (SSSR count). The maximum atomic E-state index is 11.7. The molecule has 0 atom stereocenters. The summed E-state index contributed by atoms with van der Waals surface area (Å²) in [5.41, 5.74) is 8.50. The van der Waals surface area contributed by atoms with Gasteiger partial charge in [-0.2, -0.15) is 0 Å². The van der Waals surface area contributed by atoms with Crippen LogP contribution in [0.4, 0.5) is 0 Å². The Bertz CT molecular complexity index is 1280. The second kappa shape index (κ2) is 10.4. The average Bonchev–Trinajstić information content (AvgIpc) is 3.12. The van der Waals surface area contributed by atoms with E-state index in [-0.39, 0.29) is 11.3 Å². The van der Waals surface area contributed by atoms with Gasteiger partial charge >= 0.3 is 5.97 Å². The van der Waals surface area contributed by atoms with E-state index in [1.54, 1.807) is 43.5 Å². The number of carbonyl (C=O) groups excluding carboxylic acids is 1. The number of nitrogens with zero attached hydrogens (tertiary/aromatic N) is 1. The van der Waals surface area contributed by atoms with Crippen molar-refractivity contribution in [3.05, 3.63) is 95.2 Å². The number of phenols is 1. The number of amides is 1. The van der Waals surface area contributed by atoms with E-state index in [4.69, 9.17) is 10.5 Å². The fraction of sp³-hybridized carbons (Fsp3) is 0.154. The van der Waals surface area contributed by atoms with Gasteiger partial charge in [0.15, 0.2) is 0 Å². The number of benzene rings is 3. The minimum Gasteiger partial charge on any atom is -0.508 e. The van der Waals surface area contributed by atoms with Crippen molar-refractivity contribution in [3.8, 4) is 11.5 Å². The summed E-state index contributed by atoms with van der Waals surface area (Å²) in [5, 5.41) is 19.9. The van der Waals surface area contributed by atoms with E-state index in [0.717, 1.165) is 16.8 Å². The Kier molecular flexibility index (Phi) is 7.35. The molecule has 0 fully saturated rings. The molecule has 7 nitrogen and oxygen atoms in total. The predicted molar refractivity (Wildman–Crippen MR) is 127 cm³/mol. The minimum atomic E-state index is -0.959. The molecule has 0 saturated heterocycles. The number of carboxylic acid groups (broad SMARTS) is 1. The lowest BCUT2D eigenvalue weighted by atomic mass is 10.1. The van der Waals surface area contributed by atoms with E-state index < -0.39 is 11.9 Å². The van der Waals surface area contributed by atoms with Crippen molar-refractivity contribution in [3.63, 3.8) is 0 Å². The molecule has 1 aromatic heterocycles. The summed E-state index contributed by atoms with van der Waals surface area (Å²) in [6, 6.07) is 21.6. The fourth-order valence-corrected chi connectivity index (χ4v) is 3.72. The van der Waals surface area contributed by atoms with Crippen LogP contribution in [0.25, 0.3) is 10.9 Å². The molecule has 0 bridgehead atoms. The number of carboxylic acids is 1. The van der Waals surface area contributed by atoms with Gasteiger partial charge in [-0.15, -0.1) is 0 Å². The molecule has 0 aliphatic heterocycles. The van der Waals surface area contributed by atoms with Gasteiger partial charge in [0.2, 0.25) is 5.91 Å². The lowest BCUT2D eigenvalue weighted by Gasteiger charge is -2.10. The van der Waals surface area contributed by atoms with E-state index in [0.29, 0.717) is 29.7 Å². The SMILES string of the molecule is CCc1c(C(=O)O)c2cc(O)ccc2n1Cc1ccccc1.COc1cccc(C(N)=O)c1. The number of methoxy groups -OCH3 is 1. The zero-order chi connectivity index (χ0) is 24.0. The Morgan fingerprint density at radius 3 is 2.33 bits per heavy atom. The van der Waals surface area contributed by atoms with Gasteiger partial charge in [0.05, 0.1) is 12.7 Å². The van der Waals surface area contributed by atoms with Crippen LogP contribution in [0.1, 0.15) is 38.9 Å². The Balaban J connectivity index is 0.000000235. The number of aromatic hydroxyl groups is 1. The Morgan fingerprint density at radius 1 is 1.00 bits per heavy atom. The summed E-state index contributed by atoms with van der Waals surface area (Å²) in [4.78, 5) is 22.3. The maximum absolute atomic E-state index is 11.7. The second-order valence-electron chi connectivity index (χ2n) is 7.35. The third kappa shape index (κ3) is 5.33. The van der Waals surface area contributed by atoms with Gasteiger partial charge in [-0.1, -0.05) is 43.3 Å². The number of hydrogen-bond donors (Lipinski definition) is 3. The van der Waals surface area contributed by atoms with Crippen molar-refractivity contribution in [2.75, 3.05) is 7.11 Å². The smallest absolute Gasteiger partial charge is 0.338 e. The van der Waals surface area contributed by atoms with E-state index in [1.807, 2.05) is 41.8 Å². The minimum absolute atomic E-state index is 0.0783. The standard InChI is InChI=1S/C18H17NO3.C8H9NO2/c1-2-15-17(18(21)22)14-10-13(20)8-9-16(14)19(15)11-12-6-4-3-5-7-12;1-11-7-4-2-3-6(5-7)8(9)10/h3-10,20H,2,11H2,1H3,(H,21,22);2-5H,1H3,(H2,9,10). The third-order valence-corrected chi connectivity index (χ3v) is 5.24. The molecular formula is C26H26N2O5. The summed E-state index contributed by atoms with van der Waals surface area (Å²) >= 11 is 0. The third-order valence-electron chi connectivity index (χ3n) is 5.24. The highest BCUT2D eigenvalue weighted by atomic mass is 16.5. The lowest BCUT2D eigenvalue weighted by Crippen LogP contribution is -2.10. The van der Waals surface area contributed by atoms with Gasteiger partial charge in [-0.25, -0.2) is 4.79 Å². The number of phenolic OH excluding ortho intramolecular Hbond substituents is 1. The van der Waals surface area contributed by atoms with E-state index in [2.05, 4.69) is 0 Å². The number of aromatic nitrogens is 1. The first kappa shape index (κ1) is 23.4. The van der Waals surface area contributed by atoms with Crippen LogP contribution in [0.2, 0.25) is 0 Å². The Morgan fingerprint density at radius 2 is 1.73 bits per heavy atom. The van der Waals surface area contributed by atoms with Crippen molar-refractivity contribution in [2.45, 2.75) is 19.9 Å². The molecule has 4 aromatic rings. The first-order valence-electron chi connectivity index (χ1n) is 10.4. The molecule has 0 aliphatic rings. The topological polar surface area (TPSA) is 115 Å². The van der Waals surface area contributed by atoms with E-state index in [1.165, 1.54) is 6.07 Å². The lowest BCUT2D eigenvalue weighted by molar-refractivity contribution is 0.0697. The number of hydrogen-bond acceptors (Lipinski definition) is 4. The molecule has 3 aromatic carbocycles. The predicted octanol–water partition coefficient (Wildman–Crippen LogP) is 4.45. The summed E-state index contributed by atoms with van der Waals surface area (Å²) in [6.45, 7) is 2.56. The van der Waals surface area contributed by atoms with Crippen molar-refractivity contribution < 1.29 is 24.5 Å². The molecule has 33 heavy (non-hydrogen) atoms. The van der Waals surface area contributed by atoms with Gasteiger partial charge in [0, 0.05) is 28.7 Å². The summed E-state index contributed by atoms with van der Waals surface area (Å²) in [5.74, 6) is -0.682. The van der Waals surface area contributed by atoms with Crippen LogP contribution in [0.5, 0.6) is 11.5 Å². The van der Waals surface area contributed by atoms with Crippen LogP contribution in [0.15, 0.2) is 72.8 Å². The number of nitrogens with two attached hydrogens (primary N) is 1. The zero-order valence-electron chi connectivity index (χ0n) is 18.5. The molecule has 0 aliphatic carbocycles. The molecule has 170 valence electrons. The number of primary amides is 1. The average molecular weight is 447 g/mol. The molecule has 1 amide bonds. The molecule has 0 saturated carbocycles. The number of ether oxygens (including phenoxy) is 1. The number of fused-ring (bicyclic) bond motifs is 1. The van der Waals surface area contributed by atoms with Crippen molar-refractivity contribution in [2.24, 2.45) is 5.73 Å². The quantitative estimate of drug-likeness (QED) is 0.405. The summed E-state index contributed by atoms with van der Waals surface area (Å²) < 4.78 is 6.92. The highest BCUT2D eigenvalue weighted by Crippen LogP contribution is 2.30. The van der Waals surface area contributed by atoms with Gasteiger partial charge in [0.1, 0.15) is 11.5 Å². The van der Waals surface area contributed by atoms with E-state index >= 15 is 0 Å². The van der Waals surface area contributed by atoms with Crippen molar-refractivity contribution in [1.29, 1.82) is 0 Å². The van der Waals surface area contributed by atoms with Gasteiger partial charge in [-0.3, -0.25) is 4.79 Å². The van der Waals surface area contributed by atoms with Gasteiger partial charge in [0.25, 0.3) is 0 Å². The number of aromatic carboxylic acids is 1. The van der Waals surface area contributed by atoms with Crippen LogP contribution in [-0.2, 0) is 13.0 Å². The van der Waals surface area contributed by atoms with Crippen LogP contribution in [-0.4, -0.2) is 33.8 Å². The molecule has 7 heteroatoms. The largest absolute Gasteiger partial charge is 0.508 e.